The van der Waals surface area contributed by atoms with Crippen LogP contribution in [-0.4, -0.2) is 29.6 Å². The van der Waals surface area contributed by atoms with Crippen LogP contribution in [0.5, 0.6) is 5.88 Å². The molecule has 1 aliphatic heterocycles. The largest absolute Gasteiger partial charge is 0.475 e. The molecule has 0 saturated heterocycles. The van der Waals surface area contributed by atoms with Gasteiger partial charge < -0.3 is 4.74 Å². The van der Waals surface area contributed by atoms with Crippen LogP contribution in [0.25, 0.3) is 22.3 Å². The molecule has 1 aliphatic rings. The molecule has 3 heterocycles. The van der Waals surface area contributed by atoms with Crippen molar-refractivity contribution in [3.8, 4) is 17.3 Å². The zero-order chi connectivity index (χ0) is 24.1. The molecule has 0 bridgehead atoms. The normalized spacial score (nSPS) is 15.3. The second kappa shape index (κ2) is 8.61. The summed E-state index contributed by atoms with van der Waals surface area (Å²) in [4.78, 5) is 22.8. The molecule has 2 aromatic heterocycles. The van der Waals surface area contributed by atoms with Crippen LogP contribution in [0.2, 0.25) is 0 Å². The molecule has 1 aromatic carbocycles. The number of rotatable bonds is 5. The fourth-order valence-electron chi connectivity index (χ4n) is 3.86. The Labute approximate surface area is 195 Å². The topological polar surface area (TPSA) is 86.1 Å². The number of aryl methyl sites for hydroxylation is 1. The van der Waals surface area contributed by atoms with Gasteiger partial charge in [0.25, 0.3) is 5.56 Å². The molecule has 3 aromatic rings. The van der Waals surface area contributed by atoms with Gasteiger partial charge in [-0.3, -0.25) is 9.36 Å². The molecule has 0 radical (unpaired) electrons. The lowest BCUT2D eigenvalue weighted by Crippen LogP contribution is -2.35. The maximum Gasteiger partial charge on any atom is 0.261 e. The number of benzene rings is 1. The van der Waals surface area contributed by atoms with Crippen molar-refractivity contribution in [3.05, 3.63) is 51.7 Å². The monoisotopic (exact) mass is 472 g/mol. The van der Waals surface area contributed by atoms with E-state index in [1.165, 1.54) is 12.1 Å². The Kier molecular flexibility index (Phi) is 6.13. The molecule has 0 amide bonds. The van der Waals surface area contributed by atoms with Gasteiger partial charge in [-0.25, -0.2) is 23.3 Å². The van der Waals surface area contributed by atoms with E-state index in [2.05, 4.69) is 9.71 Å². The van der Waals surface area contributed by atoms with Gasteiger partial charge in [0, 0.05) is 30.6 Å². The van der Waals surface area contributed by atoms with Gasteiger partial charge in [0.2, 0.25) is 5.88 Å². The smallest absolute Gasteiger partial charge is 0.261 e. The van der Waals surface area contributed by atoms with E-state index in [4.69, 9.17) is 9.72 Å². The highest BCUT2D eigenvalue weighted by molar-refractivity contribution is 7.84. The summed E-state index contributed by atoms with van der Waals surface area (Å²) in [7, 11) is -1.38. The van der Waals surface area contributed by atoms with Crippen LogP contribution in [0.4, 0.5) is 4.39 Å². The lowest BCUT2D eigenvalue weighted by atomic mass is 10.0. The first-order valence-electron chi connectivity index (χ1n) is 11.0. The first kappa shape index (κ1) is 23.5. The number of pyridine rings is 1. The van der Waals surface area contributed by atoms with Crippen LogP contribution in [-0.2, 0) is 24.0 Å². The van der Waals surface area contributed by atoms with Crippen LogP contribution in [0.3, 0.4) is 0 Å². The Bertz CT molecular complexity index is 1310. The SMILES string of the molecule is CC(C)Oc1ccc2c(n1)CCn1c-2nc2c([C@@H](C)N[S@](=O)C(C)(C)C)cc(F)cc2c1=O. The van der Waals surface area contributed by atoms with E-state index in [1.54, 1.807) is 17.6 Å². The number of ether oxygens (including phenoxy) is 1. The summed E-state index contributed by atoms with van der Waals surface area (Å²) in [5.74, 6) is 0.500. The van der Waals surface area contributed by atoms with Gasteiger partial charge in [-0.2, -0.15) is 0 Å². The van der Waals surface area contributed by atoms with E-state index in [0.717, 1.165) is 11.3 Å². The molecule has 0 spiro atoms. The summed E-state index contributed by atoms with van der Waals surface area (Å²) in [6.45, 7) is 11.6. The van der Waals surface area contributed by atoms with E-state index in [9.17, 15) is 13.4 Å². The van der Waals surface area contributed by atoms with Crippen LogP contribution in [0.15, 0.2) is 29.1 Å². The molecule has 0 fully saturated rings. The highest BCUT2D eigenvalue weighted by atomic mass is 32.2. The number of nitrogens with one attached hydrogen (secondary N) is 1. The highest BCUT2D eigenvalue weighted by Crippen LogP contribution is 2.31. The lowest BCUT2D eigenvalue weighted by Gasteiger charge is -2.24. The van der Waals surface area contributed by atoms with Crippen molar-refractivity contribution in [2.75, 3.05) is 0 Å². The number of nitrogens with zero attached hydrogens (tertiary/aromatic N) is 3. The number of hydrogen-bond acceptors (Lipinski definition) is 5. The minimum absolute atomic E-state index is 0.00112. The van der Waals surface area contributed by atoms with Gasteiger partial charge in [-0.05, 0) is 65.3 Å². The third-order valence-corrected chi connectivity index (χ3v) is 7.16. The summed E-state index contributed by atoms with van der Waals surface area (Å²) in [6, 6.07) is 5.73. The highest BCUT2D eigenvalue weighted by Gasteiger charge is 2.26. The predicted molar refractivity (Wildman–Crippen MR) is 128 cm³/mol. The third kappa shape index (κ3) is 4.56. The fourth-order valence-corrected chi connectivity index (χ4v) is 4.66. The molecule has 0 unspecified atom stereocenters. The number of hydrogen-bond donors (Lipinski definition) is 1. The van der Waals surface area contributed by atoms with Gasteiger partial charge in [0.1, 0.15) is 11.6 Å². The zero-order valence-corrected chi connectivity index (χ0v) is 20.5. The second-order valence-electron chi connectivity index (χ2n) is 9.56. The van der Waals surface area contributed by atoms with Crippen molar-refractivity contribution < 1.29 is 13.3 Å². The molecule has 9 heteroatoms. The molecule has 7 nitrogen and oxygen atoms in total. The third-order valence-electron chi connectivity index (χ3n) is 5.48. The average molecular weight is 473 g/mol. The van der Waals surface area contributed by atoms with Crippen molar-refractivity contribution in [3.63, 3.8) is 0 Å². The van der Waals surface area contributed by atoms with Gasteiger partial charge in [-0.15, -0.1) is 0 Å². The number of fused-ring (bicyclic) bond motifs is 4. The fraction of sp³-hybridized carbons (Fsp3) is 0.458. The standard InChI is InChI=1S/C24H29FN4O3S/c1-13(2)32-20-8-7-16-19(26-20)9-10-29-22(16)27-21-17(11-15(25)12-18(21)23(29)30)14(3)28-33(31)24(4,5)6/h7-8,11-14,28H,9-10H2,1-6H3/t14-,33-/m1/s1. The first-order valence-corrected chi connectivity index (χ1v) is 12.2. The molecule has 0 aliphatic carbocycles. The minimum atomic E-state index is -1.38. The zero-order valence-electron chi connectivity index (χ0n) is 19.7. The summed E-state index contributed by atoms with van der Waals surface area (Å²) in [6.07, 6.45) is 0.552. The van der Waals surface area contributed by atoms with Crippen LogP contribution in [0, 0.1) is 5.82 Å². The Morgan fingerprint density at radius 3 is 2.58 bits per heavy atom. The molecule has 2 atom stereocenters. The van der Waals surface area contributed by atoms with Crippen molar-refractivity contribution in [2.45, 2.75) is 71.4 Å². The summed E-state index contributed by atoms with van der Waals surface area (Å²) in [5, 5.41) is 0.208. The molecular weight excluding hydrogens is 443 g/mol. The van der Waals surface area contributed by atoms with E-state index in [0.29, 0.717) is 35.8 Å². The molecule has 33 heavy (non-hydrogen) atoms. The average Bonchev–Trinajstić information content (AvgIpc) is 2.72. The van der Waals surface area contributed by atoms with Gasteiger partial charge in [0.15, 0.2) is 0 Å². The van der Waals surface area contributed by atoms with Crippen molar-refractivity contribution in [2.24, 2.45) is 0 Å². The van der Waals surface area contributed by atoms with Crippen molar-refractivity contribution in [1.82, 2.24) is 19.3 Å². The maximum atomic E-state index is 14.5. The molecule has 4 rings (SSSR count). The Morgan fingerprint density at radius 2 is 1.91 bits per heavy atom. The molecule has 1 N–H and O–H groups in total. The van der Waals surface area contributed by atoms with Crippen LogP contribution in [0.1, 0.15) is 58.8 Å². The van der Waals surface area contributed by atoms with Gasteiger partial charge in [0.05, 0.1) is 38.4 Å². The van der Waals surface area contributed by atoms with Gasteiger partial charge >= 0.3 is 0 Å². The lowest BCUT2D eigenvalue weighted by molar-refractivity contribution is 0.232. The van der Waals surface area contributed by atoms with Crippen molar-refractivity contribution in [1.29, 1.82) is 0 Å². The quantitative estimate of drug-likeness (QED) is 0.605. The second-order valence-corrected chi connectivity index (χ2v) is 11.6. The minimum Gasteiger partial charge on any atom is -0.475 e. The maximum absolute atomic E-state index is 14.5. The Morgan fingerprint density at radius 1 is 1.18 bits per heavy atom. The summed E-state index contributed by atoms with van der Waals surface area (Å²) < 4.78 is 37.0. The Balaban J connectivity index is 1.87. The first-order chi connectivity index (χ1) is 15.5. The van der Waals surface area contributed by atoms with E-state index < -0.39 is 27.6 Å². The Hall–Kier alpha value is -2.65. The van der Waals surface area contributed by atoms with Crippen LogP contribution >= 0.6 is 0 Å². The predicted octanol–water partition coefficient (Wildman–Crippen LogP) is 4.05. The van der Waals surface area contributed by atoms with E-state index in [1.807, 2.05) is 40.7 Å². The number of halogens is 1. The summed E-state index contributed by atoms with van der Waals surface area (Å²) >= 11 is 0. The molecule has 0 saturated carbocycles. The van der Waals surface area contributed by atoms with E-state index >= 15 is 0 Å². The number of aromatic nitrogens is 3. The van der Waals surface area contributed by atoms with Crippen molar-refractivity contribution >= 4 is 21.9 Å². The van der Waals surface area contributed by atoms with Crippen LogP contribution < -0.4 is 15.0 Å². The van der Waals surface area contributed by atoms with E-state index in [-0.39, 0.29) is 17.0 Å². The molecule has 176 valence electrons. The molecular formula is C24H29FN4O3S. The van der Waals surface area contributed by atoms with Gasteiger partial charge in [-0.1, -0.05) is 0 Å². The summed E-state index contributed by atoms with van der Waals surface area (Å²) in [5.41, 5.74) is 2.15.